The highest BCUT2D eigenvalue weighted by Gasteiger charge is 2.49. The molecule has 0 spiro atoms. The van der Waals surface area contributed by atoms with Crippen LogP contribution >= 0.6 is 0 Å². The van der Waals surface area contributed by atoms with Crippen LogP contribution in [-0.2, 0) is 9.59 Å². The first-order valence-electron chi connectivity index (χ1n) is 10.7. The third kappa shape index (κ3) is 8.26. The van der Waals surface area contributed by atoms with E-state index in [-0.39, 0.29) is 18.0 Å². The van der Waals surface area contributed by atoms with Gasteiger partial charge in [-0.3, -0.25) is 9.59 Å². The summed E-state index contributed by atoms with van der Waals surface area (Å²) in [6.45, 7) is 3.60. The minimum Gasteiger partial charge on any atom is -0.406 e. The Morgan fingerprint density at radius 3 is 2.29 bits per heavy atom. The van der Waals surface area contributed by atoms with Crippen molar-refractivity contribution >= 4 is 23.5 Å². The Labute approximate surface area is 198 Å². The Kier molecular flexibility index (Phi) is 8.92. The first-order valence-corrected chi connectivity index (χ1v) is 10.7. The van der Waals surface area contributed by atoms with Crippen LogP contribution in [-0.4, -0.2) is 69.4 Å². The number of hydrogen-bond donors (Lipinski definition) is 7. The van der Waals surface area contributed by atoms with Gasteiger partial charge in [0.2, 0.25) is 5.91 Å². The first kappa shape index (κ1) is 28.1. The Morgan fingerprint density at radius 2 is 1.77 bits per heavy atom. The lowest BCUT2D eigenvalue weighted by atomic mass is 9.77. The predicted octanol–water partition coefficient (Wildman–Crippen LogP) is 0.338. The van der Waals surface area contributed by atoms with Crippen LogP contribution in [0, 0.1) is 5.92 Å². The van der Waals surface area contributed by atoms with Crippen LogP contribution in [0.1, 0.15) is 33.1 Å². The van der Waals surface area contributed by atoms with Crippen LogP contribution in [0.3, 0.4) is 0 Å². The number of amides is 4. The summed E-state index contributed by atoms with van der Waals surface area (Å²) in [5.41, 5.74) is 3.15. The largest absolute Gasteiger partial charge is 0.573 e. The zero-order valence-corrected chi connectivity index (χ0v) is 19.0. The molecule has 11 nitrogen and oxygen atoms in total. The number of urea groups is 1. The van der Waals surface area contributed by atoms with Gasteiger partial charge in [-0.15, -0.1) is 13.2 Å². The normalized spacial score (nSPS) is 25.5. The summed E-state index contributed by atoms with van der Waals surface area (Å²) >= 11 is 0. The van der Waals surface area contributed by atoms with E-state index >= 15 is 0 Å². The van der Waals surface area contributed by atoms with E-state index in [1.807, 2.05) is 0 Å². The highest BCUT2D eigenvalue weighted by molar-refractivity contribution is 5.92. The molecule has 1 aliphatic rings. The molecule has 0 aliphatic heterocycles. The maximum absolute atomic E-state index is 12.7. The molecule has 1 saturated carbocycles. The molecule has 0 saturated heterocycles. The number of hydrogen-bond acceptors (Lipinski definition) is 7. The molecular weight excluding hydrogens is 477 g/mol. The Balaban J connectivity index is 2.05. The molecule has 1 aliphatic carbocycles. The molecule has 196 valence electrons. The molecule has 0 radical (unpaired) electrons. The lowest BCUT2D eigenvalue weighted by molar-refractivity contribution is -0.274. The maximum Gasteiger partial charge on any atom is 0.573 e. The van der Waals surface area contributed by atoms with Gasteiger partial charge in [-0.05, 0) is 36.6 Å². The lowest BCUT2D eigenvalue weighted by Crippen LogP contribution is -2.64. The van der Waals surface area contributed by atoms with Gasteiger partial charge in [-0.25, -0.2) is 4.79 Å². The molecule has 1 fully saturated rings. The average Bonchev–Trinajstić information content (AvgIpc) is 2.71. The zero-order chi connectivity index (χ0) is 26.6. The number of carbonyl (C=O) groups is 3. The quantitative estimate of drug-likeness (QED) is 0.265. The van der Waals surface area contributed by atoms with E-state index in [1.54, 1.807) is 13.8 Å². The number of benzene rings is 1. The van der Waals surface area contributed by atoms with Crippen molar-refractivity contribution < 1.29 is 47.6 Å². The highest BCUT2D eigenvalue weighted by Crippen LogP contribution is 2.30. The van der Waals surface area contributed by atoms with Crippen molar-refractivity contribution in [3.63, 3.8) is 0 Å². The monoisotopic (exact) mass is 506 g/mol. The number of nitrogens with two attached hydrogens (primary N) is 1. The molecule has 8 N–H and O–H groups in total. The second-order valence-corrected chi connectivity index (χ2v) is 8.83. The fraction of sp³-hybridized carbons (Fsp3) is 0.571. The van der Waals surface area contributed by atoms with E-state index in [4.69, 9.17) is 5.73 Å². The predicted molar refractivity (Wildman–Crippen MR) is 116 cm³/mol. The summed E-state index contributed by atoms with van der Waals surface area (Å²) in [7, 11) is 0. The second kappa shape index (κ2) is 11.1. The summed E-state index contributed by atoms with van der Waals surface area (Å²) in [6, 6.07) is 0.916. The first-order chi connectivity index (χ1) is 16.1. The van der Waals surface area contributed by atoms with E-state index in [9.17, 15) is 42.9 Å². The van der Waals surface area contributed by atoms with E-state index in [0.717, 1.165) is 24.3 Å². The zero-order valence-electron chi connectivity index (χ0n) is 19.0. The Hall–Kier alpha value is -3.10. The van der Waals surface area contributed by atoms with Gasteiger partial charge in [0.25, 0.3) is 5.91 Å². The van der Waals surface area contributed by atoms with Crippen molar-refractivity contribution in [2.45, 2.75) is 69.4 Å². The van der Waals surface area contributed by atoms with Crippen molar-refractivity contribution in [1.29, 1.82) is 0 Å². The molecule has 35 heavy (non-hydrogen) atoms. The molecule has 1 aromatic carbocycles. The van der Waals surface area contributed by atoms with Gasteiger partial charge < -0.3 is 41.7 Å². The molecule has 2 rings (SSSR count). The summed E-state index contributed by atoms with van der Waals surface area (Å²) in [4.78, 5) is 36.7. The van der Waals surface area contributed by atoms with Crippen molar-refractivity contribution in [1.82, 2.24) is 10.6 Å². The smallest absolute Gasteiger partial charge is 0.406 e. The van der Waals surface area contributed by atoms with E-state index in [0.29, 0.717) is 0 Å². The maximum atomic E-state index is 12.7. The molecule has 14 heteroatoms. The SMILES string of the molecule is CC(C)C[C@@H](NC(=O)[C@]1(O)C[C@@H](O)[C@H](O)[C@@H](NC(=O)Nc2ccc(OC(F)(F)F)cc2)C1)C(N)=O. The number of primary amides is 1. The van der Waals surface area contributed by atoms with Gasteiger partial charge in [0.15, 0.2) is 0 Å². The second-order valence-electron chi connectivity index (χ2n) is 8.83. The Bertz CT molecular complexity index is 913. The van der Waals surface area contributed by atoms with Gasteiger partial charge >= 0.3 is 12.4 Å². The molecule has 0 unspecified atom stereocenters. The topological polar surface area (TPSA) is 183 Å². The number of aliphatic hydroxyl groups excluding tert-OH is 2. The standard InChI is InChI=1S/C21H29F3N4O7/c1-10(2)7-13(17(25)31)27-18(32)20(34)8-14(16(30)15(29)9-20)28-19(33)26-11-3-5-12(6-4-11)35-21(22,23)24/h3-6,10,13-16,29-30,34H,7-9H2,1-2H3,(H2,25,31)(H,27,32)(H2,26,28,33)/t13-,14+,15-,16-,20-/m1/s1. The molecule has 0 bridgehead atoms. The van der Waals surface area contributed by atoms with Crippen molar-refractivity contribution in [3.8, 4) is 5.75 Å². The molecule has 0 aromatic heterocycles. The number of nitrogens with one attached hydrogen (secondary N) is 3. The fourth-order valence-corrected chi connectivity index (χ4v) is 3.71. The van der Waals surface area contributed by atoms with Crippen LogP contribution < -0.4 is 26.4 Å². The molecule has 5 atom stereocenters. The number of carbonyl (C=O) groups excluding carboxylic acids is 3. The number of anilines is 1. The highest BCUT2D eigenvalue weighted by atomic mass is 19.4. The van der Waals surface area contributed by atoms with Gasteiger partial charge in [0, 0.05) is 18.5 Å². The summed E-state index contributed by atoms with van der Waals surface area (Å²) in [5, 5.41) is 38.3. The molecule has 0 heterocycles. The van der Waals surface area contributed by atoms with Crippen LogP contribution in [0.5, 0.6) is 5.75 Å². The van der Waals surface area contributed by atoms with E-state index in [2.05, 4.69) is 20.7 Å². The summed E-state index contributed by atoms with van der Waals surface area (Å²) in [5.74, 6) is -2.32. The van der Waals surface area contributed by atoms with Crippen LogP contribution in [0.2, 0.25) is 0 Å². The molecule has 1 aromatic rings. The van der Waals surface area contributed by atoms with Crippen LogP contribution in [0.4, 0.5) is 23.7 Å². The van der Waals surface area contributed by atoms with Crippen LogP contribution in [0.25, 0.3) is 0 Å². The third-order valence-corrected chi connectivity index (χ3v) is 5.35. The van der Waals surface area contributed by atoms with Gasteiger partial charge in [0.1, 0.15) is 23.5 Å². The van der Waals surface area contributed by atoms with Crippen LogP contribution in [0.15, 0.2) is 24.3 Å². The van der Waals surface area contributed by atoms with Crippen molar-refractivity contribution in [2.75, 3.05) is 5.32 Å². The molecular formula is C21H29F3N4O7. The van der Waals surface area contributed by atoms with Crippen molar-refractivity contribution in [3.05, 3.63) is 24.3 Å². The van der Waals surface area contributed by atoms with Crippen molar-refractivity contribution in [2.24, 2.45) is 11.7 Å². The molecule has 4 amide bonds. The number of halogens is 3. The van der Waals surface area contributed by atoms with E-state index in [1.165, 1.54) is 0 Å². The minimum atomic E-state index is -4.88. The van der Waals surface area contributed by atoms with Gasteiger partial charge in [0.05, 0.1) is 12.1 Å². The van der Waals surface area contributed by atoms with E-state index < -0.39 is 72.7 Å². The lowest BCUT2D eigenvalue weighted by Gasteiger charge is -2.41. The van der Waals surface area contributed by atoms with Gasteiger partial charge in [-0.1, -0.05) is 13.8 Å². The number of alkyl halides is 3. The number of rotatable bonds is 8. The van der Waals surface area contributed by atoms with Gasteiger partial charge in [-0.2, -0.15) is 0 Å². The summed E-state index contributed by atoms with van der Waals surface area (Å²) < 4.78 is 40.5. The number of aliphatic hydroxyl groups is 3. The average molecular weight is 506 g/mol. The fourth-order valence-electron chi connectivity index (χ4n) is 3.71. The third-order valence-electron chi connectivity index (χ3n) is 5.35. The summed E-state index contributed by atoms with van der Waals surface area (Å²) in [6.07, 6.45) is -8.87. The minimum absolute atomic E-state index is 0.00610. The Morgan fingerprint density at radius 1 is 1.17 bits per heavy atom. The number of ether oxygens (including phenoxy) is 1.